The third-order valence-electron chi connectivity index (χ3n) is 6.24. The summed E-state index contributed by atoms with van der Waals surface area (Å²) in [6.45, 7) is 3.28. The molecule has 1 saturated heterocycles. The summed E-state index contributed by atoms with van der Waals surface area (Å²) >= 11 is 0. The van der Waals surface area contributed by atoms with Crippen molar-refractivity contribution in [3.05, 3.63) is 61.2 Å². The quantitative estimate of drug-likeness (QED) is 0.252. The fourth-order valence-corrected chi connectivity index (χ4v) is 6.34. The smallest absolute Gasteiger partial charge is 0.234 e. The van der Waals surface area contributed by atoms with Crippen LogP contribution in [0.5, 0.6) is 0 Å². The molecule has 0 spiro atoms. The summed E-state index contributed by atoms with van der Waals surface area (Å²) in [5.74, 6) is 0.274. The molecule has 186 valence electrons. The Morgan fingerprint density at radius 3 is 2.51 bits per heavy atom. The average Bonchev–Trinajstić information content (AvgIpc) is 3.44. The van der Waals surface area contributed by atoms with E-state index >= 15 is 0 Å². The Balaban J connectivity index is 1.48. The number of hydroxylamine groups is 2. The Kier molecular flexibility index (Phi) is 7.43. The van der Waals surface area contributed by atoms with Gasteiger partial charge in [0.25, 0.3) is 0 Å². The summed E-state index contributed by atoms with van der Waals surface area (Å²) in [6.07, 6.45) is 8.72. The van der Waals surface area contributed by atoms with Gasteiger partial charge in [-0.2, -0.15) is 4.31 Å². The number of carbonyl (C=O) groups excluding carboxylic acids is 1. The van der Waals surface area contributed by atoms with E-state index < -0.39 is 21.3 Å². The van der Waals surface area contributed by atoms with Crippen molar-refractivity contribution < 1.29 is 22.8 Å². The lowest BCUT2D eigenvalue weighted by Crippen LogP contribution is -2.55. The maximum Gasteiger partial charge on any atom is 0.234 e. The van der Waals surface area contributed by atoms with Crippen LogP contribution in [0, 0.1) is 0 Å². The number of sulfonamides is 1. The lowest BCUT2D eigenvalue weighted by Gasteiger charge is -2.40. The predicted molar refractivity (Wildman–Crippen MR) is 128 cm³/mol. The number of pyridine rings is 1. The van der Waals surface area contributed by atoms with Crippen LogP contribution in [-0.4, -0.2) is 76.3 Å². The highest BCUT2D eigenvalue weighted by Gasteiger charge is 2.45. The van der Waals surface area contributed by atoms with Gasteiger partial charge in [0.1, 0.15) is 17.7 Å². The molecule has 4 rings (SSSR count). The molecule has 35 heavy (non-hydrogen) atoms. The van der Waals surface area contributed by atoms with Crippen LogP contribution in [0.1, 0.15) is 25.5 Å². The van der Waals surface area contributed by atoms with Crippen LogP contribution in [0.3, 0.4) is 0 Å². The van der Waals surface area contributed by atoms with Crippen LogP contribution in [0.2, 0.25) is 0 Å². The first kappa shape index (κ1) is 24.8. The van der Waals surface area contributed by atoms with Gasteiger partial charge in [-0.3, -0.25) is 10.0 Å². The second kappa shape index (κ2) is 10.5. The molecule has 1 N–H and O–H groups in total. The number of anilines is 1. The van der Waals surface area contributed by atoms with Crippen LogP contribution in [0.4, 0.5) is 5.82 Å². The number of amides is 1. The van der Waals surface area contributed by atoms with E-state index in [1.807, 2.05) is 30.0 Å². The Bertz CT molecular complexity index is 1200. The van der Waals surface area contributed by atoms with Crippen molar-refractivity contribution in [3.8, 4) is 11.1 Å². The Morgan fingerprint density at radius 1 is 1.14 bits per heavy atom. The Hall–Kier alpha value is -3.35. The van der Waals surface area contributed by atoms with Gasteiger partial charge >= 0.3 is 0 Å². The van der Waals surface area contributed by atoms with E-state index in [2.05, 4.69) is 15.0 Å². The zero-order valence-electron chi connectivity index (χ0n) is 19.4. The monoisotopic (exact) mass is 500 g/mol. The SMILES string of the molecule is CCCC(CS(=O)(=O)N1CCN(c2ccc(-c3ccoc3)cn2)CC1)(c1ccncn1)N(O)C=O. The molecule has 11 nitrogen and oxygen atoms in total. The summed E-state index contributed by atoms with van der Waals surface area (Å²) in [5, 5.41) is 10.9. The maximum atomic E-state index is 13.5. The van der Waals surface area contributed by atoms with E-state index in [1.54, 1.807) is 18.7 Å². The molecule has 3 aromatic heterocycles. The number of rotatable bonds is 10. The highest BCUT2D eigenvalue weighted by atomic mass is 32.2. The molecule has 1 aliphatic heterocycles. The van der Waals surface area contributed by atoms with Crippen LogP contribution in [-0.2, 0) is 20.4 Å². The molecule has 1 unspecified atom stereocenters. The molecule has 0 radical (unpaired) electrons. The first-order valence-corrected chi connectivity index (χ1v) is 12.9. The molecule has 4 heterocycles. The highest BCUT2D eigenvalue weighted by molar-refractivity contribution is 7.89. The van der Waals surface area contributed by atoms with Gasteiger partial charge in [-0.1, -0.05) is 13.3 Å². The predicted octanol–water partition coefficient (Wildman–Crippen LogP) is 2.13. The number of hydrogen-bond donors (Lipinski definition) is 1. The number of carbonyl (C=O) groups is 1. The highest BCUT2D eigenvalue weighted by Crippen LogP contribution is 2.33. The molecule has 3 aromatic rings. The lowest BCUT2D eigenvalue weighted by atomic mass is 9.91. The topological polar surface area (TPSA) is 133 Å². The normalized spacial score (nSPS) is 16.6. The van der Waals surface area contributed by atoms with E-state index in [1.165, 1.54) is 22.9 Å². The molecular weight excluding hydrogens is 472 g/mol. The molecular formula is C23H28N6O5S. The largest absolute Gasteiger partial charge is 0.472 e. The molecule has 1 aliphatic rings. The maximum absolute atomic E-state index is 13.5. The van der Waals surface area contributed by atoms with Crippen molar-refractivity contribution in [2.24, 2.45) is 0 Å². The van der Waals surface area contributed by atoms with Gasteiger partial charge in [0, 0.05) is 49.7 Å². The first-order valence-electron chi connectivity index (χ1n) is 11.3. The molecule has 1 amide bonds. The molecule has 0 saturated carbocycles. The van der Waals surface area contributed by atoms with Crippen LogP contribution >= 0.6 is 0 Å². The van der Waals surface area contributed by atoms with Crippen molar-refractivity contribution in [1.29, 1.82) is 0 Å². The minimum Gasteiger partial charge on any atom is -0.472 e. The molecule has 0 bridgehead atoms. The molecule has 12 heteroatoms. The van der Waals surface area contributed by atoms with E-state index in [0.29, 0.717) is 24.6 Å². The third-order valence-corrected chi connectivity index (χ3v) is 8.23. The van der Waals surface area contributed by atoms with Gasteiger partial charge in [-0.15, -0.1) is 0 Å². The summed E-state index contributed by atoms with van der Waals surface area (Å²) in [4.78, 5) is 26.2. The number of nitrogens with zero attached hydrogens (tertiary/aromatic N) is 6. The molecule has 0 aromatic carbocycles. The van der Waals surface area contributed by atoms with Crippen LogP contribution in [0.15, 0.2) is 59.9 Å². The first-order chi connectivity index (χ1) is 16.9. The number of piperazine rings is 1. The molecule has 0 aliphatic carbocycles. The van der Waals surface area contributed by atoms with Crippen molar-refractivity contribution in [3.63, 3.8) is 0 Å². The minimum absolute atomic E-state index is 0.214. The summed E-state index contributed by atoms with van der Waals surface area (Å²) in [6, 6.07) is 7.24. The second-order valence-electron chi connectivity index (χ2n) is 8.39. The fourth-order valence-electron chi connectivity index (χ4n) is 4.41. The van der Waals surface area contributed by atoms with Crippen LogP contribution in [0.25, 0.3) is 11.1 Å². The summed E-state index contributed by atoms with van der Waals surface area (Å²) in [7, 11) is -3.85. The number of aromatic nitrogens is 3. The van der Waals surface area contributed by atoms with Gasteiger partial charge in [-0.05, 0) is 30.7 Å². The zero-order chi connectivity index (χ0) is 24.9. The second-order valence-corrected chi connectivity index (χ2v) is 10.4. The van der Waals surface area contributed by atoms with Gasteiger partial charge in [0.05, 0.1) is 24.0 Å². The molecule has 1 atom stereocenters. The molecule has 1 fully saturated rings. The lowest BCUT2D eigenvalue weighted by molar-refractivity contribution is -0.180. The Labute approximate surface area is 204 Å². The van der Waals surface area contributed by atoms with Gasteiger partial charge in [-0.25, -0.2) is 28.4 Å². The van der Waals surface area contributed by atoms with Gasteiger partial charge in [0.2, 0.25) is 16.4 Å². The van der Waals surface area contributed by atoms with E-state index in [0.717, 1.165) is 16.9 Å². The van der Waals surface area contributed by atoms with E-state index in [9.17, 15) is 18.4 Å². The fraction of sp³-hybridized carbons (Fsp3) is 0.391. The van der Waals surface area contributed by atoms with Gasteiger partial charge < -0.3 is 9.32 Å². The van der Waals surface area contributed by atoms with E-state index in [-0.39, 0.29) is 31.6 Å². The average molecular weight is 501 g/mol. The number of hydrogen-bond acceptors (Lipinski definition) is 9. The number of furan rings is 1. The van der Waals surface area contributed by atoms with Crippen molar-refractivity contribution >= 4 is 22.3 Å². The van der Waals surface area contributed by atoms with Crippen molar-refractivity contribution in [2.45, 2.75) is 25.3 Å². The zero-order valence-corrected chi connectivity index (χ0v) is 20.2. The standard InChI is InChI=1S/C23H28N6O5S/c1-2-7-23(29(31)18-30,21-5-8-24-17-26-21)16-35(32,33)28-11-9-27(10-12-28)22-4-3-19(14-25-22)20-6-13-34-15-20/h3-6,8,13-15,17-18,31H,2,7,9-12,16H2,1H3. The minimum atomic E-state index is -3.85. The summed E-state index contributed by atoms with van der Waals surface area (Å²) < 4.78 is 33.5. The van der Waals surface area contributed by atoms with Crippen LogP contribution < -0.4 is 4.90 Å². The van der Waals surface area contributed by atoms with Crippen molar-refractivity contribution in [2.75, 3.05) is 36.8 Å². The van der Waals surface area contributed by atoms with E-state index in [4.69, 9.17) is 4.42 Å². The third kappa shape index (κ3) is 5.19. The van der Waals surface area contributed by atoms with Crippen molar-refractivity contribution in [1.82, 2.24) is 24.3 Å². The van der Waals surface area contributed by atoms with Gasteiger partial charge in [0.15, 0.2) is 0 Å². The summed E-state index contributed by atoms with van der Waals surface area (Å²) in [5.41, 5.74) is 0.629. The Morgan fingerprint density at radius 2 is 1.94 bits per heavy atom.